The standard InChI is InChI=1S/C19H19Br2N3O2/c1-13(14-8-10-15(20)11-9-14)23-24-18(25)7-4-12-22-19(26)16-5-2-3-6-17(16)21/h2-3,5-6,8-11H,4,7,12H2,1H3,(H,22,26)(H,24,25)/b23-13+. The van der Waals surface area contributed by atoms with Crippen molar-refractivity contribution in [2.24, 2.45) is 5.10 Å². The third kappa shape index (κ3) is 6.38. The minimum atomic E-state index is -0.184. The summed E-state index contributed by atoms with van der Waals surface area (Å²) in [6.07, 6.45) is 0.822. The van der Waals surface area contributed by atoms with Crippen LogP contribution in [0.25, 0.3) is 0 Å². The van der Waals surface area contributed by atoms with Gasteiger partial charge in [0.1, 0.15) is 0 Å². The van der Waals surface area contributed by atoms with E-state index in [4.69, 9.17) is 0 Å². The molecule has 7 heteroatoms. The first-order chi connectivity index (χ1) is 12.5. The number of hydrazone groups is 1. The Kier molecular flexibility index (Phi) is 8.00. The fraction of sp³-hybridized carbons (Fsp3) is 0.211. The highest BCUT2D eigenvalue weighted by atomic mass is 79.9. The molecule has 0 heterocycles. The number of benzene rings is 2. The maximum atomic E-state index is 12.0. The molecule has 0 bridgehead atoms. The molecule has 0 radical (unpaired) electrons. The van der Waals surface area contributed by atoms with Gasteiger partial charge in [-0.3, -0.25) is 9.59 Å². The van der Waals surface area contributed by atoms with Crippen LogP contribution in [-0.2, 0) is 4.79 Å². The highest BCUT2D eigenvalue weighted by molar-refractivity contribution is 9.10. The minimum absolute atomic E-state index is 0.165. The van der Waals surface area contributed by atoms with Gasteiger partial charge in [-0.1, -0.05) is 40.2 Å². The summed E-state index contributed by atoms with van der Waals surface area (Å²) in [6.45, 7) is 2.25. The Balaban J connectivity index is 1.72. The van der Waals surface area contributed by atoms with E-state index in [2.05, 4.69) is 47.7 Å². The molecule has 0 unspecified atom stereocenters. The van der Waals surface area contributed by atoms with E-state index in [1.165, 1.54) is 0 Å². The summed E-state index contributed by atoms with van der Waals surface area (Å²) in [5, 5.41) is 6.91. The monoisotopic (exact) mass is 479 g/mol. The van der Waals surface area contributed by atoms with Crippen LogP contribution in [0.5, 0.6) is 0 Å². The molecule has 26 heavy (non-hydrogen) atoms. The van der Waals surface area contributed by atoms with E-state index in [0.29, 0.717) is 18.5 Å². The molecule has 5 nitrogen and oxygen atoms in total. The van der Waals surface area contributed by atoms with E-state index in [0.717, 1.165) is 20.2 Å². The number of halogens is 2. The van der Waals surface area contributed by atoms with E-state index in [9.17, 15) is 9.59 Å². The molecule has 0 aliphatic heterocycles. The average molecular weight is 481 g/mol. The molecular weight excluding hydrogens is 462 g/mol. The minimum Gasteiger partial charge on any atom is -0.352 e. The van der Waals surface area contributed by atoms with Crippen LogP contribution in [0.1, 0.15) is 35.7 Å². The van der Waals surface area contributed by atoms with Gasteiger partial charge in [0.25, 0.3) is 5.91 Å². The molecule has 2 aromatic carbocycles. The highest BCUT2D eigenvalue weighted by Gasteiger charge is 2.08. The summed E-state index contributed by atoms with van der Waals surface area (Å²) < 4.78 is 1.73. The molecule has 2 rings (SSSR count). The van der Waals surface area contributed by atoms with Crippen LogP contribution in [-0.4, -0.2) is 24.1 Å². The molecule has 2 amide bonds. The molecule has 0 saturated carbocycles. The van der Waals surface area contributed by atoms with Crippen molar-refractivity contribution < 1.29 is 9.59 Å². The first-order valence-corrected chi connectivity index (χ1v) is 9.68. The van der Waals surface area contributed by atoms with Gasteiger partial charge in [0, 0.05) is 21.9 Å². The molecule has 0 fully saturated rings. The molecule has 0 atom stereocenters. The Labute approximate surface area is 169 Å². The maximum Gasteiger partial charge on any atom is 0.252 e. The molecule has 0 saturated heterocycles. The maximum absolute atomic E-state index is 12.0. The molecule has 2 aromatic rings. The second-order valence-corrected chi connectivity index (χ2v) is 7.35. The Bertz CT molecular complexity index is 805. The summed E-state index contributed by atoms with van der Waals surface area (Å²) in [5.41, 5.74) is 4.79. The van der Waals surface area contributed by atoms with Crippen LogP contribution < -0.4 is 10.7 Å². The number of carbonyl (C=O) groups excluding carboxylic acids is 2. The van der Waals surface area contributed by atoms with Gasteiger partial charge in [-0.25, -0.2) is 5.43 Å². The SMILES string of the molecule is C/C(=N\NC(=O)CCCNC(=O)c1ccccc1Br)c1ccc(Br)cc1. The lowest BCUT2D eigenvalue weighted by Gasteiger charge is -2.07. The number of rotatable bonds is 7. The van der Waals surface area contributed by atoms with Crippen LogP contribution >= 0.6 is 31.9 Å². The van der Waals surface area contributed by atoms with Crippen molar-refractivity contribution in [3.63, 3.8) is 0 Å². The summed E-state index contributed by atoms with van der Waals surface area (Å²) in [6, 6.07) is 14.9. The van der Waals surface area contributed by atoms with Crippen LogP contribution in [0.4, 0.5) is 0 Å². The van der Waals surface area contributed by atoms with Crippen molar-refractivity contribution in [3.8, 4) is 0 Å². The second-order valence-electron chi connectivity index (χ2n) is 5.58. The molecule has 2 N–H and O–H groups in total. The smallest absolute Gasteiger partial charge is 0.252 e. The van der Waals surface area contributed by atoms with E-state index >= 15 is 0 Å². The third-order valence-electron chi connectivity index (χ3n) is 3.59. The molecule has 0 aliphatic rings. The zero-order valence-corrected chi connectivity index (χ0v) is 17.4. The van der Waals surface area contributed by atoms with E-state index in [1.54, 1.807) is 12.1 Å². The van der Waals surface area contributed by atoms with Gasteiger partial charge in [0.2, 0.25) is 5.91 Å². The fourth-order valence-electron chi connectivity index (χ4n) is 2.15. The van der Waals surface area contributed by atoms with Gasteiger partial charge in [-0.15, -0.1) is 0 Å². The van der Waals surface area contributed by atoms with Gasteiger partial charge in [-0.2, -0.15) is 5.10 Å². The predicted octanol–water partition coefficient (Wildman–Crippen LogP) is 4.26. The zero-order chi connectivity index (χ0) is 18.9. The first-order valence-electron chi connectivity index (χ1n) is 8.09. The molecule has 136 valence electrons. The van der Waals surface area contributed by atoms with Crippen LogP contribution in [0.3, 0.4) is 0 Å². The number of hydrogen-bond acceptors (Lipinski definition) is 3. The molecule has 0 aliphatic carbocycles. The lowest BCUT2D eigenvalue weighted by Crippen LogP contribution is -2.26. The normalized spacial score (nSPS) is 11.1. The lowest BCUT2D eigenvalue weighted by atomic mass is 10.1. The van der Waals surface area contributed by atoms with Gasteiger partial charge in [0.05, 0.1) is 11.3 Å². The zero-order valence-electron chi connectivity index (χ0n) is 14.3. The van der Waals surface area contributed by atoms with Crippen LogP contribution in [0.15, 0.2) is 62.6 Å². The van der Waals surface area contributed by atoms with Crippen LogP contribution in [0.2, 0.25) is 0 Å². The van der Waals surface area contributed by atoms with Gasteiger partial charge >= 0.3 is 0 Å². The summed E-state index contributed by atoms with van der Waals surface area (Å²) in [7, 11) is 0. The van der Waals surface area contributed by atoms with Crippen molar-refractivity contribution in [2.75, 3.05) is 6.54 Å². The largest absolute Gasteiger partial charge is 0.352 e. The van der Waals surface area contributed by atoms with E-state index in [-0.39, 0.29) is 18.2 Å². The first kappa shape index (κ1) is 20.3. The molecular formula is C19H19Br2N3O2. The third-order valence-corrected chi connectivity index (χ3v) is 4.82. The topological polar surface area (TPSA) is 70.6 Å². The quantitative estimate of drug-likeness (QED) is 0.353. The fourth-order valence-corrected chi connectivity index (χ4v) is 2.88. The Morgan fingerprint density at radius 2 is 1.73 bits per heavy atom. The molecule has 0 aromatic heterocycles. The lowest BCUT2D eigenvalue weighted by molar-refractivity contribution is -0.121. The van der Waals surface area contributed by atoms with E-state index in [1.807, 2.05) is 43.3 Å². The highest BCUT2D eigenvalue weighted by Crippen LogP contribution is 2.15. The Morgan fingerprint density at radius 1 is 1.04 bits per heavy atom. The summed E-state index contributed by atoms with van der Waals surface area (Å²) in [4.78, 5) is 23.9. The molecule has 0 spiro atoms. The van der Waals surface area contributed by atoms with Crippen molar-refractivity contribution in [1.82, 2.24) is 10.7 Å². The number of hydrogen-bond donors (Lipinski definition) is 2. The van der Waals surface area contributed by atoms with Crippen molar-refractivity contribution in [2.45, 2.75) is 19.8 Å². The Morgan fingerprint density at radius 3 is 2.42 bits per heavy atom. The van der Waals surface area contributed by atoms with Gasteiger partial charge in [0.15, 0.2) is 0 Å². The number of carbonyl (C=O) groups is 2. The van der Waals surface area contributed by atoms with Crippen LogP contribution in [0, 0.1) is 0 Å². The predicted molar refractivity (Wildman–Crippen MR) is 110 cm³/mol. The summed E-state index contributed by atoms with van der Waals surface area (Å²) in [5.74, 6) is -0.349. The van der Waals surface area contributed by atoms with E-state index < -0.39 is 0 Å². The number of nitrogens with one attached hydrogen (secondary N) is 2. The summed E-state index contributed by atoms with van der Waals surface area (Å²) >= 11 is 6.72. The average Bonchev–Trinajstić information content (AvgIpc) is 2.64. The van der Waals surface area contributed by atoms with Gasteiger partial charge < -0.3 is 5.32 Å². The second kappa shape index (κ2) is 10.2. The van der Waals surface area contributed by atoms with Gasteiger partial charge in [-0.05, 0) is 59.1 Å². The van der Waals surface area contributed by atoms with Crippen molar-refractivity contribution >= 4 is 49.4 Å². The van der Waals surface area contributed by atoms with Crippen molar-refractivity contribution in [3.05, 3.63) is 68.6 Å². The Hall–Kier alpha value is -1.99. The number of amides is 2. The number of nitrogens with zero attached hydrogens (tertiary/aromatic N) is 1. The van der Waals surface area contributed by atoms with Crippen molar-refractivity contribution in [1.29, 1.82) is 0 Å².